The summed E-state index contributed by atoms with van der Waals surface area (Å²) in [6.45, 7) is 13.0. The molecule has 0 saturated heterocycles. The average Bonchev–Trinajstić information content (AvgIpc) is 2.84. The summed E-state index contributed by atoms with van der Waals surface area (Å²) in [4.78, 5) is 26.0. The number of hydrogen-bond donors (Lipinski definition) is 2. The Morgan fingerprint density at radius 3 is 1.18 bits per heavy atom. The molecule has 3 rings (SSSR count). The molecule has 2 aromatic rings. The van der Waals surface area contributed by atoms with Crippen molar-refractivity contribution >= 4 is 46.1 Å². The van der Waals surface area contributed by atoms with Crippen molar-refractivity contribution < 1.29 is 9.59 Å². The van der Waals surface area contributed by atoms with Crippen LogP contribution >= 0.6 is 23.2 Å². The molecule has 0 saturated carbocycles. The van der Waals surface area contributed by atoms with Crippen molar-refractivity contribution in [2.24, 2.45) is 0 Å². The van der Waals surface area contributed by atoms with Gasteiger partial charge in [0.2, 0.25) is 11.6 Å². The highest BCUT2D eigenvalue weighted by Crippen LogP contribution is 2.33. The first-order chi connectivity index (χ1) is 15.9. The van der Waals surface area contributed by atoms with Crippen LogP contribution in [-0.4, -0.2) is 11.6 Å². The minimum absolute atomic E-state index is 0.0234. The lowest BCUT2D eigenvalue weighted by molar-refractivity contribution is -0.115. The Kier molecular flexibility index (Phi) is 7.64. The molecular weight excluding hydrogens is 467 g/mol. The fourth-order valence-corrected chi connectivity index (χ4v) is 4.03. The van der Waals surface area contributed by atoms with E-state index in [1.165, 1.54) is 11.1 Å². The number of nitrogens with one attached hydrogen (secondary N) is 2. The summed E-state index contributed by atoms with van der Waals surface area (Å²) in [6, 6.07) is 15.5. The quantitative estimate of drug-likeness (QED) is 0.367. The molecule has 1 aliphatic carbocycles. The molecule has 0 heterocycles. The lowest BCUT2D eigenvalue weighted by Gasteiger charge is -2.24. The zero-order valence-corrected chi connectivity index (χ0v) is 22.1. The standard InChI is InChI=1S/C28H32Cl2N2O2/c1-7-27(3,4)17-9-13-19(14-10-17)31-23-21(29)26(34)24(22(30)25(23)33)32-20-15-11-18(12-16-20)28(5,6)8-2/h9-16,31-32H,7-8H2,1-6H3. The number of anilines is 2. The first-order valence-corrected chi connectivity index (χ1v) is 12.3. The summed E-state index contributed by atoms with van der Waals surface area (Å²) in [5, 5.41) is 5.58. The van der Waals surface area contributed by atoms with Gasteiger partial charge >= 0.3 is 0 Å². The molecule has 0 aromatic heterocycles. The number of ketones is 2. The molecule has 0 spiro atoms. The predicted molar refractivity (Wildman–Crippen MR) is 143 cm³/mol. The van der Waals surface area contributed by atoms with Crippen LogP contribution in [0.1, 0.15) is 65.5 Å². The second-order valence-electron chi connectivity index (χ2n) is 9.92. The van der Waals surface area contributed by atoms with E-state index in [1.54, 1.807) is 0 Å². The fourth-order valence-electron chi connectivity index (χ4n) is 3.58. The van der Waals surface area contributed by atoms with Gasteiger partial charge in [0.05, 0.1) is 0 Å². The van der Waals surface area contributed by atoms with Gasteiger partial charge in [-0.05, 0) is 59.1 Å². The zero-order chi connectivity index (χ0) is 25.3. The Morgan fingerprint density at radius 2 is 0.912 bits per heavy atom. The Morgan fingerprint density at radius 1 is 0.618 bits per heavy atom. The minimum Gasteiger partial charge on any atom is -0.351 e. The highest BCUT2D eigenvalue weighted by molar-refractivity contribution is 6.56. The zero-order valence-electron chi connectivity index (χ0n) is 20.6. The van der Waals surface area contributed by atoms with Gasteiger partial charge in [0, 0.05) is 11.4 Å². The molecule has 6 heteroatoms. The van der Waals surface area contributed by atoms with Crippen molar-refractivity contribution in [3.63, 3.8) is 0 Å². The van der Waals surface area contributed by atoms with Gasteiger partial charge < -0.3 is 10.6 Å². The van der Waals surface area contributed by atoms with Crippen LogP contribution < -0.4 is 10.6 Å². The number of allylic oxidation sites excluding steroid dienone is 2. The van der Waals surface area contributed by atoms with Crippen molar-refractivity contribution in [1.82, 2.24) is 0 Å². The van der Waals surface area contributed by atoms with E-state index in [2.05, 4.69) is 52.2 Å². The smallest absolute Gasteiger partial charge is 0.224 e. The Bertz CT molecular complexity index is 1060. The average molecular weight is 499 g/mol. The number of halogens is 2. The molecule has 0 bridgehead atoms. The van der Waals surface area contributed by atoms with Crippen LogP contribution in [0.3, 0.4) is 0 Å². The van der Waals surface area contributed by atoms with Gasteiger partial charge in [0.15, 0.2) is 0 Å². The van der Waals surface area contributed by atoms with Crippen LogP contribution in [0.4, 0.5) is 11.4 Å². The number of benzene rings is 2. The third kappa shape index (κ3) is 5.24. The highest BCUT2D eigenvalue weighted by atomic mass is 35.5. The van der Waals surface area contributed by atoms with E-state index in [0.717, 1.165) is 12.8 Å². The molecule has 0 fully saturated rings. The molecule has 2 aromatic carbocycles. The van der Waals surface area contributed by atoms with Gasteiger partial charge in [-0.1, -0.05) is 89.0 Å². The minimum atomic E-state index is -0.532. The Hall–Kier alpha value is -2.56. The summed E-state index contributed by atoms with van der Waals surface area (Å²) in [5.41, 5.74) is 3.72. The number of carbonyl (C=O) groups excluding carboxylic acids is 2. The monoisotopic (exact) mass is 498 g/mol. The van der Waals surface area contributed by atoms with Gasteiger partial charge in [-0.2, -0.15) is 0 Å². The number of carbonyl (C=O) groups is 2. The Balaban J connectivity index is 1.81. The Labute approximate surface area is 212 Å². The summed E-state index contributed by atoms with van der Waals surface area (Å²) >= 11 is 12.7. The normalized spacial score (nSPS) is 15.2. The second-order valence-corrected chi connectivity index (χ2v) is 10.7. The fraction of sp³-hybridized carbons (Fsp3) is 0.357. The predicted octanol–water partition coefficient (Wildman–Crippen LogP) is 7.64. The maximum atomic E-state index is 13.0. The van der Waals surface area contributed by atoms with Crippen molar-refractivity contribution in [2.75, 3.05) is 10.6 Å². The maximum absolute atomic E-state index is 13.0. The lowest BCUT2D eigenvalue weighted by atomic mass is 9.82. The molecule has 0 unspecified atom stereocenters. The van der Waals surface area contributed by atoms with Crippen molar-refractivity contribution in [3.05, 3.63) is 81.1 Å². The van der Waals surface area contributed by atoms with E-state index < -0.39 is 11.6 Å². The van der Waals surface area contributed by atoms with Crippen LogP contribution in [-0.2, 0) is 20.4 Å². The molecule has 0 aliphatic heterocycles. The second kappa shape index (κ2) is 9.97. The van der Waals surface area contributed by atoms with Crippen LogP contribution in [0, 0.1) is 0 Å². The topological polar surface area (TPSA) is 58.2 Å². The van der Waals surface area contributed by atoms with Gasteiger partial charge in [-0.15, -0.1) is 0 Å². The van der Waals surface area contributed by atoms with Gasteiger partial charge in [0.25, 0.3) is 0 Å². The molecule has 0 atom stereocenters. The molecule has 0 amide bonds. The summed E-state index contributed by atoms with van der Waals surface area (Å²) in [6.07, 6.45) is 2.00. The van der Waals surface area contributed by atoms with Crippen molar-refractivity contribution in [2.45, 2.75) is 65.2 Å². The van der Waals surface area contributed by atoms with Crippen LogP contribution in [0.2, 0.25) is 0 Å². The molecule has 0 radical (unpaired) electrons. The van der Waals surface area contributed by atoms with Gasteiger partial charge in [-0.3, -0.25) is 9.59 Å². The van der Waals surface area contributed by atoms with E-state index in [1.807, 2.05) is 48.5 Å². The third-order valence-electron chi connectivity index (χ3n) is 6.93. The molecule has 4 nitrogen and oxygen atoms in total. The van der Waals surface area contributed by atoms with Crippen LogP contribution in [0.15, 0.2) is 70.0 Å². The number of rotatable bonds is 8. The molecule has 1 aliphatic rings. The van der Waals surface area contributed by atoms with Crippen LogP contribution in [0.25, 0.3) is 0 Å². The van der Waals surface area contributed by atoms with Crippen LogP contribution in [0.5, 0.6) is 0 Å². The number of hydrogen-bond acceptors (Lipinski definition) is 4. The summed E-state index contributed by atoms with van der Waals surface area (Å²) in [7, 11) is 0. The van der Waals surface area contributed by atoms with E-state index >= 15 is 0 Å². The largest absolute Gasteiger partial charge is 0.351 e. The van der Waals surface area contributed by atoms with Gasteiger partial charge in [0.1, 0.15) is 21.5 Å². The van der Waals surface area contributed by atoms with Crippen molar-refractivity contribution in [1.29, 1.82) is 0 Å². The molecule has 180 valence electrons. The van der Waals surface area contributed by atoms with Crippen molar-refractivity contribution in [3.8, 4) is 0 Å². The van der Waals surface area contributed by atoms with E-state index in [-0.39, 0.29) is 32.3 Å². The van der Waals surface area contributed by atoms with E-state index in [9.17, 15) is 9.59 Å². The maximum Gasteiger partial charge on any atom is 0.224 e. The molecular formula is C28H32Cl2N2O2. The highest BCUT2D eigenvalue weighted by Gasteiger charge is 2.34. The molecule has 2 N–H and O–H groups in total. The number of Topliss-reactive ketones (excluding diaryl/α,β-unsaturated/α-hetero) is 2. The van der Waals surface area contributed by atoms with E-state index in [4.69, 9.17) is 23.2 Å². The third-order valence-corrected chi connectivity index (χ3v) is 7.65. The molecule has 34 heavy (non-hydrogen) atoms. The van der Waals surface area contributed by atoms with Gasteiger partial charge in [-0.25, -0.2) is 0 Å². The first kappa shape index (κ1) is 26.1. The SMILES string of the molecule is CCC(C)(C)c1ccc(NC2=C(Cl)C(=O)C(Nc3ccc(C(C)(C)CC)cc3)=C(Cl)C2=O)cc1. The lowest BCUT2D eigenvalue weighted by Crippen LogP contribution is -2.27. The summed E-state index contributed by atoms with van der Waals surface area (Å²) < 4.78 is 0. The van der Waals surface area contributed by atoms with E-state index in [0.29, 0.717) is 11.4 Å². The first-order valence-electron chi connectivity index (χ1n) is 11.6. The summed E-state index contributed by atoms with van der Waals surface area (Å²) in [5.74, 6) is -1.06.